The van der Waals surface area contributed by atoms with E-state index in [9.17, 15) is 19.5 Å². The van der Waals surface area contributed by atoms with E-state index in [-0.39, 0.29) is 10.7 Å². The Morgan fingerprint density at radius 1 is 1.36 bits per heavy atom. The summed E-state index contributed by atoms with van der Waals surface area (Å²) >= 11 is 4.84. The first kappa shape index (κ1) is 15.6. The number of hydrogen-bond acceptors (Lipinski definition) is 6. The highest BCUT2D eigenvalue weighted by molar-refractivity contribution is 7.80. The standard InChI is InChI=1S/C14H12N2O5S/c1-16-13(20)10(12(19)15-14(16)22)6-8-2-4-9(5-3-8)21-7-11(17)18/h2-6H,7H2,1H3,(H,17,18)(H,15,19,22)/p-1/b10-6+. The monoisotopic (exact) mass is 319 g/mol. The number of amides is 2. The molecule has 1 saturated heterocycles. The van der Waals surface area contributed by atoms with Crippen LogP contribution in [-0.2, 0) is 14.4 Å². The van der Waals surface area contributed by atoms with Gasteiger partial charge in [-0.1, -0.05) is 12.1 Å². The van der Waals surface area contributed by atoms with E-state index >= 15 is 0 Å². The van der Waals surface area contributed by atoms with Crippen LogP contribution < -0.4 is 15.2 Å². The highest BCUT2D eigenvalue weighted by atomic mass is 32.1. The number of carboxylic acids is 1. The molecule has 0 radical (unpaired) electrons. The second-order valence-corrected chi connectivity index (χ2v) is 4.80. The number of carbonyl (C=O) groups excluding carboxylic acids is 3. The molecule has 1 heterocycles. The summed E-state index contributed by atoms with van der Waals surface area (Å²) in [5.41, 5.74) is 0.542. The lowest BCUT2D eigenvalue weighted by Crippen LogP contribution is -2.52. The zero-order chi connectivity index (χ0) is 16.3. The smallest absolute Gasteiger partial charge is 0.265 e. The molecule has 0 aromatic heterocycles. The van der Waals surface area contributed by atoms with Crippen molar-refractivity contribution >= 4 is 41.2 Å². The third-order valence-electron chi connectivity index (χ3n) is 2.85. The number of carbonyl (C=O) groups is 3. The van der Waals surface area contributed by atoms with E-state index in [4.69, 9.17) is 17.0 Å². The van der Waals surface area contributed by atoms with Gasteiger partial charge in [0.25, 0.3) is 11.8 Å². The van der Waals surface area contributed by atoms with Gasteiger partial charge in [-0.05, 0) is 36.0 Å². The van der Waals surface area contributed by atoms with Gasteiger partial charge in [0.05, 0.1) is 5.97 Å². The number of carboxylic acid groups (broad SMARTS) is 1. The molecule has 2 rings (SSSR count). The molecule has 0 aliphatic carbocycles. The van der Waals surface area contributed by atoms with Gasteiger partial charge in [0, 0.05) is 7.05 Å². The second kappa shape index (κ2) is 6.35. The number of ether oxygens (including phenoxy) is 1. The lowest BCUT2D eigenvalue weighted by molar-refractivity contribution is -0.307. The first-order valence-electron chi connectivity index (χ1n) is 6.16. The summed E-state index contributed by atoms with van der Waals surface area (Å²) in [4.78, 5) is 35.3. The summed E-state index contributed by atoms with van der Waals surface area (Å²) in [5.74, 6) is -2.05. The maximum absolute atomic E-state index is 12.0. The van der Waals surface area contributed by atoms with Crippen molar-refractivity contribution in [1.29, 1.82) is 0 Å². The summed E-state index contributed by atoms with van der Waals surface area (Å²) in [6, 6.07) is 6.22. The molecule has 1 aliphatic heterocycles. The Kier molecular flexibility index (Phi) is 4.52. The number of hydrogen-bond donors (Lipinski definition) is 1. The minimum Gasteiger partial charge on any atom is -0.546 e. The molecule has 1 fully saturated rings. The Balaban J connectivity index is 2.18. The second-order valence-electron chi connectivity index (χ2n) is 4.41. The number of nitrogens with zero attached hydrogens (tertiary/aromatic N) is 1. The van der Waals surface area contributed by atoms with Crippen LogP contribution in [0.2, 0.25) is 0 Å². The van der Waals surface area contributed by atoms with Crippen molar-refractivity contribution in [2.75, 3.05) is 13.7 Å². The van der Waals surface area contributed by atoms with Crippen LogP contribution in [-0.4, -0.2) is 41.5 Å². The Bertz CT molecular complexity index is 681. The molecule has 0 bridgehead atoms. The van der Waals surface area contributed by atoms with Crippen molar-refractivity contribution in [3.8, 4) is 5.75 Å². The van der Waals surface area contributed by atoms with E-state index in [0.29, 0.717) is 11.3 Å². The van der Waals surface area contributed by atoms with Crippen molar-refractivity contribution in [3.63, 3.8) is 0 Å². The molecule has 1 aromatic rings. The van der Waals surface area contributed by atoms with Crippen molar-refractivity contribution in [2.24, 2.45) is 0 Å². The zero-order valence-corrected chi connectivity index (χ0v) is 12.3. The quantitative estimate of drug-likeness (QED) is 0.437. The highest BCUT2D eigenvalue weighted by Crippen LogP contribution is 2.17. The van der Waals surface area contributed by atoms with Crippen LogP contribution in [0.15, 0.2) is 29.8 Å². The molecular weight excluding hydrogens is 308 g/mol. The van der Waals surface area contributed by atoms with Gasteiger partial charge in [0.2, 0.25) is 0 Å². The molecule has 1 aromatic carbocycles. The van der Waals surface area contributed by atoms with E-state index in [1.807, 2.05) is 0 Å². The number of likely N-dealkylation sites (N-methyl/N-ethyl adjacent to an activating group) is 1. The number of aliphatic carboxylic acids is 1. The molecule has 1 N–H and O–H groups in total. The fourth-order valence-corrected chi connectivity index (χ4v) is 1.89. The fraction of sp³-hybridized carbons (Fsp3) is 0.143. The summed E-state index contributed by atoms with van der Waals surface area (Å²) in [6.45, 7) is -0.552. The van der Waals surface area contributed by atoms with Crippen LogP contribution in [0.3, 0.4) is 0 Å². The van der Waals surface area contributed by atoms with Gasteiger partial charge in [-0.2, -0.15) is 0 Å². The van der Waals surface area contributed by atoms with Gasteiger partial charge in [0.1, 0.15) is 17.9 Å². The largest absolute Gasteiger partial charge is 0.546 e. The zero-order valence-electron chi connectivity index (χ0n) is 11.5. The number of thiocarbonyl (C=S) groups is 1. The highest BCUT2D eigenvalue weighted by Gasteiger charge is 2.30. The topological polar surface area (TPSA) is 98.8 Å². The van der Waals surface area contributed by atoms with Gasteiger partial charge in [-0.25, -0.2) is 0 Å². The summed E-state index contributed by atoms with van der Waals surface area (Å²) in [7, 11) is 1.47. The Morgan fingerprint density at radius 3 is 2.59 bits per heavy atom. The summed E-state index contributed by atoms with van der Waals surface area (Å²) in [5, 5.41) is 12.7. The Morgan fingerprint density at radius 2 is 2.00 bits per heavy atom. The number of nitrogens with one attached hydrogen (secondary N) is 1. The maximum Gasteiger partial charge on any atom is 0.265 e. The van der Waals surface area contributed by atoms with Crippen LogP contribution >= 0.6 is 12.2 Å². The fourth-order valence-electron chi connectivity index (χ4n) is 1.71. The molecular formula is C14H11N2O5S-. The van der Waals surface area contributed by atoms with Crippen LogP contribution in [0.5, 0.6) is 5.75 Å². The van der Waals surface area contributed by atoms with Crippen molar-refractivity contribution in [2.45, 2.75) is 0 Å². The summed E-state index contributed by atoms with van der Waals surface area (Å²) < 4.78 is 4.93. The van der Waals surface area contributed by atoms with E-state index in [1.54, 1.807) is 12.1 Å². The van der Waals surface area contributed by atoms with Crippen LogP contribution in [0.4, 0.5) is 0 Å². The third kappa shape index (κ3) is 3.47. The third-order valence-corrected chi connectivity index (χ3v) is 3.23. The van der Waals surface area contributed by atoms with Gasteiger partial charge in [0.15, 0.2) is 5.11 Å². The maximum atomic E-state index is 12.0. The average molecular weight is 319 g/mol. The molecule has 114 valence electrons. The Hall–Kier alpha value is -2.74. The van der Waals surface area contributed by atoms with E-state index < -0.39 is 24.4 Å². The minimum atomic E-state index is -1.32. The average Bonchev–Trinajstić information content (AvgIpc) is 2.48. The molecule has 1 aliphatic rings. The van der Waals surface area contributed by atoms with Gasteiger partial charge in [-0.3, -0.25) is 19.8 Å². The molecule has 0 unspecified atom stereocenters. The summed E-state index contributed by atoms with van der Waals surface area (Å²) in [6.07, 6.45) is 1.42. The number of benzene rings is 1. The van der Waals surface area contributed by atoms with Gasteiger partial charge >= 0.3 is 0 Å². The first-order chi connectivity index (χ1) is 10.4. The Labute approximate surface area is 131 Å². The SMILES string of the molecule is CN1C(=O)/C(=C/c2ccc(OCC(=O)[O-])cc2)C(=O)NC1=S. The van der Waals surface area contributed by atoms with Crippen molar-refractivity contribution in [1.82, 2.24) is 10.2 Å². The number of rotatable bonds is 4. The van der Waals surface area contributed by atoms with Gasteiger partial charge in [-0.15, -0.1) is 0 Å². The lowest BCUT2D eigenvalue weighted by Gasteiger charge is -2.25. The van der Waals surface area contributed by atoms with Gasteiger partial charge < -0.3 is 14.6 Å². The van der Waals surface area contributed by atoms with E-state index in [2.05, 4.69) is 5.32 Å². The van der Waals surface area contributed by atoms with Crippen LogP contribution in [0.1, 0.15) is 5.56 Å². The lowest BCUT2D eigenvalue weighted by atomic mass is 10.1. The molecule has 0 spiro atoms. The predicted octanol–water partition coefficient (Wildman–Crippen LogP) is -0.928. The molecule has 8 heteroatoms. The first-order valence-corrected chi connectivity index (χ1v) is 6.57. The molecule has 2 amide bonds. The molecule has 0 saturated carbocycles. The van der Waals surface area contributed by atoms with Crippen LogP contribution in [0, 0.1) is 0 Å². The van der Waals surface area contributed by atoms with E-state index in [1.165, 1.54) is 30.2 Å². The molecule has 0 atom stereocenters. The molecule has 22 heavy (non-hydrogen) atoms. The van der Waals surface area contributed by atoms with E-state index in [0.717, 1.165) is 0 Å². The molecule has 7 nitrogen and oxygen atoms in total. The van der Waals surface area contributed by atoms with Crippen LogP contribution in [0.25, 0.3) is 6.08 Å². The minimum absolute atomic E-state index is 0.0421. The van der Waals surface area contributed by atoms with Crippen molar-refractivity contribution in [3.05, 3.63) is 35.4 Å². The normalized spacial score (nSPS) is 16.7. The van der Waals surface area contributed by atoms with Crippen molar-refractivity contribution < 1.29 is 24.2 Å². The predicted molar refractivity (Wildman–Crippen MR) is 78.4 cm³/mol.